The molecule has 3 atom stereocenters. The molecule has 6 nitrogen and oxygen atoms in total. The Morgan fingerprint density at radius 2 is 2.08 bits per heavy atom. The first-order valence-electron chi connectivity index (χ1n) is 8.76. The lowest BCUT2D eigenvalue weighted by atomic mass is 9.89. The number of hydrogen-bond donors (Lipinski definition) is 1. The van der Waals surface area contributed by atoms with Crippen LogP contribution in [0.5, 0.6) is 5.75 Å². The molecule has 1 amide bonds. The highest BCUT2D eigenvalue weighted by Crippen LogP contribution is 2.45. The number of carbonyl (C=O) groups is 1. The average Bonchev–Trinajstić information content (AvgIpc) is 3.31. The molecule has 2 saturated heterocycles. The second-order valence-corrected chi connectivity index (χ2v) is 7.08. The molecule has 1 aromatic heterocycles. The molecule has 132 valence electrons. The number of likely N-dealkylation sites (tertiary alicyclic amines) is 2. The lowest BCUT2D eigenvalue weighted by Gasteiger charge is -2.29. The average molecular weight is 340 g/mol. The Labute approximate surface area is 147 Å². The van der Waals surface area contributed by atoms with E-state index >= 15 is 0 Å². The van der Waals surface area contributed by atoms with E-state index in [2.05, 4.69) is 27.0 Å². The number of aromatic nitrogens is 2. The number of rotatable bonds is 4. The molecule has 0 spiro atoms. The van der Waals surface area contributed by atoms with Gasteiger partial charge in [0.1, 0.15) is 5.75 Å². The number of carbonyl (C=O) groups excluding carboxylic acids is 1. The Morgan fingerprint density at radius 3 is 2.72 bits per heavy atom. The second-order valence-electron chi connectivity index (χ2n) is 7.08. The SMILES string of the molecule is COc1ccc([C@H]2[C@@H]3CN(Cc4cnc[nH]4)C[C@@H]3CN2C(C)=O)cc1. The predicted molar refractivity (Wildman–Crippen MR) is 94.0 cm³/mol. The van der Waals surface area contributed by atoms with Gasteiger partial charge in [-0.2, -0.15) is 0 Å². The van der Waals surface area contributed by atoms with Gasteiger partial charge in [0.25, 0.3) is 0 Å². The van der Waals surface area contributed by atoms with Crippen molar-refractivity contribution in [1.29, 1.82) is 0 Å². The van der Waals surface area contributed by atoms with Crippen molar-refractivity contribution in [3.05, 3.63) is 48.0 Å². The van der Waals surface area contributed by atoms with Gasteiger partial charge in [-0.15, -0.1) is 0 Å². The Kier molecular flexibility index (Phi) is 4.21. The van der Waals surface area contributed by atoms with Gasteiger partial charge in [0.05, 0.1) is 19.5 Å². The maximum atomic E-state index is 12.2. The summed E-state index contributed by atoms with van der Waals surface area (Å²) in [5, 5.41) is 0. The fourth-order valence-corrected chi connectivity index (χ4v) is 4.43. The zero-order valence-corrected chi connectivity index (χ0v) is 14.7. The van der Waals surface area contributed by atoms with E-state index in [-0.39, 0.29) is 11.9 Å². The van der Waals surface area contributed by atoms with Crippen molar-refractivity contribution in [2.24, 2.45) is 11.8 Å². The highest BCUT2D eigenvalue weighted by atomic mass is 16.5. The van der Waals surface area contributed by atoms with Crippen LogP contribution in [0.4, 0.5) is 0 Å². The van der Waals surface area contributed by atoms with Crippen molar-refractivity contribution in [3.63, 3.8) is 0 Å². The number of methoxy groups -OCH3 is 1. The van der Waals surface area contributed by atoms with Gasteiger partial charge >= 0.3 is 0 Å². The van der Waals surface area contributed by atoms with Crippen LogP contribution >= 0.6 is 0 Å². The zero-order chi connectivity index (χ0) is 17.4. The molecule has 25 heavy (non-hydrogen) atoms. The topological polar surface area (TPSA) is 61.5 Å². The van der Waals surface area contributed by atoms with Crippen molar-refractivity contribution < 1.29 is 9.53 Å². The number of fused-ring (bicyclic) bond motifs is 1. The first kappa shape index (κ1) is 16.1. The standard InChI is InChI=1S/C19H24N4O2/c1-13(24)23-9-15-8-22(10-16-7-20-12-21-16)11-18(15)19(23)14-3-5-17(25-2)6-4-14/h3-7,12,15,18-19H,8-11H2,1-2H3,(H,20,21)/t15-,18-,19+/m1/s1. The van der Waals surface area contributed by atoms with Crippen LogP contribution in [-0.4, -0.2) is 52.4 Å². The molecule has 0 aliphatic carbocycles. The molecule has 3 heterocycles. The minimum absolute atomic E-state index is 0.153. The number of H-pyrrole nitrogens is 1. The van der Waals surface area contributed by atoms with Gasteiger partial charge in [-0.05, 0) is 23.6 Å². The van der Waals surface area contributed by atoms with E-state index in [1.54, 1.807) is 20.4 Å². The molecule has 0 unspecified atom stereocenters. The normalized spacial score (nSPS) is 26.0. The summed E-state index contributed by atoms with van der Waals surface area (Å²) >= 11 is 0. The van der Waals surface area contributed by atoms with Crippen LogP contribution in [-0.2, 0) is 11.3 Å². The van der Waals surface area contributed by atoms with Crippen molar-refractivity contribution in [2.45, 2.75) is 19.5 Å². The Balaban J connectivity index is 1.55. The number of imidazole rings is 1. The molecule has 1 N–H and O–H groups in total. The molecule has 2 fully saturated rings. The number of nitrogens with zero attached hydrogens (tertiary/aromatic N) is 3. The summed E-state index contributed by atoms with van der Waals surface area (Å²) in [6, 6.07) is 8.31. The van der Waals surface area contributed by atoms with Crippen LogP contribution in [0.1, 0.15) is 24.2 Å². The summed E-state index contributed by atoms with van der Waals surface area (Å²) in [7, 11) is 1.67. The van der Waals surface area contributed by atoms with Crippen LogP contribution in [0.25, 0.3) is 0 Å². The van der Waals surface area contributed by atoms with E-state index in [0.29, 0.717) is 11.8 Å². The predicted octanol–water partition coefficient (Wildman–Crippen LogP) is 2.07. The van der Waals surface area contributed by atoms with E-state index in [0.717, 1.165) is 37.6 Å². The van der Waals surface area contributed by atoms with Gasteiger partial charge in [0.15, 0.2) is 0 Å². The largest absolute Gasteiger partial charge is 0.497 e. The Bertz CT molecular complexity index is 728. The van der Waals surface area contributed by atoms with Crippen molar-refractivity contribution in [3.8, 4) is 5.75 Å². The number of aromatic amines is 1. The summed E-state index contributed by atoms with van der Waals surface area (Å²) in [6.07, 6.45) is 3.61. The fourth-order valence-electron chi connectivity index (χ4n) is 4.43. The van der Waals surface area contributed by atoms with Crippen molar-refractivity contribution in [2.75, 3.05) is 26.7 Å². The number of benzene rings is 1. The number of amides is 1. The lowest BCUT2D eigenvalue weighted by molar-refractivity contribution is -0.130. The minimum Gasteiger partial charge on any atom is -0.497 e. The van der Waals surface area contributed by atoms with E-state index in [1.807, 2.05) is 23.2 Å². The number of ether oxygens (including phenoxy) is 1. The molecule has 6 heteroatoms. The molecule has 2 aliphatic heterocycles. The summed E-state index contributed by atoms with van der Waals surface area (Å²) < 4.78 is 5.27. The maximum Gasteiger partial charge on any atom is 0.219 e. The summed E-state index contributed by atoms with van der Waals surface area (Å²) in [6.45, 7) is 5.45. The van der Waals surface area contributed by atoms with Gasteiger partial charge in [-0.1, -0.05) is 12.1 Å². The van der Waals surface area contributed by atoms with Crippen LogP contribution in [0.15, 0.2) is 36.8 Å². The van der Waals surface area contributed by atoms with E-state index < -0.39 is 0 Å². The molecule has 2 aromatic rings. The molecule has 4 rings (SSSR count). The molecular weight excluding hydrogens is 316 g/mol. The highest BCUT2D eigenvalue weighted by molar-refractivity contribution is 5.74. The van der Waals surface area contributed by atoms with Gasteiger partial charge in [0, 0.05) is 50.9 Å². The third kappa shape index (κ3) is 3.02. The van der Waals surface area contributed by atoms with Crippen molar-refractivity contribution in [1.82, 2.24) is 19.8 Å². The first-order valence-corrected chi connectivity index (χ1v) is 8.76. The van der Waals surface area contributed by atoms with Crippen LogP contribution in [0.2, 0.25) is 0 Å². The zero-order valence-electron chi connectivity index (χ0n) is 14.7. The quantitative estimate of drug-likeness (QED) is 0.926. The van der Waals surface area contributed by atoms with Gasteiger partial charge in [-0.3, -0.25) is 9.69 Å². The minimum atomic E-state index is 0.153. The monoisotopic (exact) mass is 340 g/mol. The van der Waals surface area contributed by atoms with Crippen LogP contribution < -0.4 is 4.74 Å². The number of nitrogens with one attached hydrogen (secondary N) is 1. The Hall–Kier alpha value is -2.34. The molecule has 1 aromatic carbocycles. The van der Waals surface area contributed by atoms with E-state index in [4.69, 9.17) is 4.74 Å². The smallest absolute Gasteiger partial charge is 0.219 e. The van der Waals surface area contributed by atoms with E-state index in [1.165, 1.54) is 5.56 Å². The summed E-state index contributed by atoms with van der Waals surface area (Å²) in [4.78, 5) is 24.0. The van der Waals surface area contributed by atoms with Crippen LogP contribution in [0, 0.1) is 11.8 Å². The highest BCUT2D eigenvalue weighted by Gasteiger charge is 2.48. The molecular formula is C19H24N4O2. The summed E-state index contributed by atoms with van der Waals surface area (Å²) in [5.41, 5.74) is 2.34. The molecule has 2 aliphatic rings. The Morgan fingerprint density at radius 1 is 1.28 bits per heavy atom. The summed E-state index contributed by atoms with van der Waals surface area (Å²) in [5.74, 6) is 2.01. The fraction of sp³-hybridized carbons (Fsp3) is 0.474. The van der Waals surface area contributed by atoms with Gasteiger partial charge in [0.2, 0.25) is 5.91 Å². The third-order valence-electron chi connectivity index (χ3n) is 5.55. The molecule has 0 saturated carbocycles. The lowest BCUT2D eigenvalue weighted by Crippen LogP contribution is -2.34. The maximum absolute atomic E-state index is 12.2. The molecule has 0 bridgehead atoms. The molecule has 0 radical (unpaired) electrons. The number of hydrogen-bond acceptors (Lipinski definition) is 4. The van der Waals surface area contributed by atoms with Crippen molar-refractivity contribution >= 4 is 5.91 Å². The second kappa shape index (κ2) is 6.52. The van der Waals surface area contributed by atoms with Crippen LogP contribution in [0.3, 0.4) is 0 Å². The third-order valence-corrected chi connectivity index (χ3v) is 5.55. The van der Waals surface area contributed by atoms with Gasteiger partial charge in [-0.25, -0.2) is 4.98 Å². The first-order chi connectivity index (χ1) is 12.2. The van der Waals surface area contributed by atoms with E-state index in [9.17, 15) is 4.79 Å². The van der Waals surface area contributed by atoms with Gasteiger partial charge < -0.3 is 14.6 Å².